The summed E-state index contributed by atoms with van der Waals surface area (Å²) in [5, 5.41) is 8.64. The molecule has 0 aliphatic carbocycles. The van der Waals surface area contributed by atoms with Crippen LogP contribution in [0, 0.1) is 17.1 Å². The maximum Gasteiger partial charge on any atom is 0.321 e. The van der Waals surface area contributed by atoms with Gasteiger partial charge in [-0.15, -0.1) is 0 Å². The SMILES string of the molecule is CCOC(=O)CS(=O)(=O)Cc1cccc(C#N)c1F. The van der Waals surface area contributed by atoms with Crippen LogP contribution in [0.4, 0.5) is 4.39 Å². The summed E-state index contributed by atoms with van der Waals surface area (Å²) in [5.74, 6) is -3.21. The first kappa shape index (κ1) is 15.1. The van der Waals surface area contributed by atoms with E-state index in [1.54, 1.807) is 13.0 Å². The van der Waals surface area contributed by atoms with Gasteiger partial charge in [0.15, 0.2) is 9.84 Å². The lowest BCUT2D eigenvalue weighted by Crippen LogP contribution is -2.20. The Morgan fingerprint density at radius 1 is 1.47 bits per heavy atom. The summed E-state index contributed by atoms with van der Waals surface area (Å²) in [4.78, 5) is 11.1. The van der Waals surface area contributed by atoms with Gasteiger partial charge in [0.1, 0.15) is 17.6 Å². The third-order valence-corrected chi connectivity index (χ3v) is 3.64. The minimum absolute atomic E-state index is 0.0760. The van der Waals surface area contributed by atoms with Crippen molar-refractivity contribution in [2.24, 2.45) is 0 Å². The van der Waals surface area contributed by atoms with Crippen LogP contribution in [0.2, 0.25) is 0 Å². The molecule has 0 heterocycles. The highest BCUT2D eigenvalue weighted by Gasteiger charge is 2.21. The van der Waals surface area contributed by atoms with Crippen LogP contribution < -0.4 is 0 Å². The normalized spacial score (nSPS) is 10.8. The second-order valence-electron chi connectivity index (χ2n) is 3.73. The molecule has 1 aromatic rings. The minimum atomic E-state index is -3.83. The van der Waals surface area contributed by atoms with Crippen molar-refractivity contribution in [2.75, 3.05) is 12.4 Å². The van der Waals surface area contributed by atoms with Gasteiger partial charge in [0.25, 0.3) is 0 Å². The molecule has 0 saturated carbocycles. The monoisotopic (exact) mass is 285 g/mol. The van der Waals surface area contributed by atoms with Crippen LogP contribution in [0.1, 0.15) is 18.1 Å². The number of carbonyl (C=O) groups is 1. The summed E-state index contributed by atoms with van der Waals surface area (Å²) < 4.78 is 41.6. The number of nitriles is 1. The van der Waals surface area contributed by atoms with Gasteiger partial charge < -0.3 is 4.74 Å². The summed E-state index contributed by atoms with van der Waals surface area (Å²) in [5.41, 5.74) is -0.368. The van der Waals surface area contributed by atoms with Crippen molar-refractivity contribution in [3.05, 3.63) is 35.1 Å². The molecule has 102 valence electrons. The highest BCUT2D eigenvalue weighted by atomic mass is 32.2. The molecule has 1 rings (SSSR count). The Kier molecular flexibility index (Phi) is 5.01. The zero-order valence-electron chi connectivity index (χ0n) is 10.2. The van der Waals surface area contributed by atoms with Crippen molar-refractivity contribution in [1.29, 1.82) is 5.26 Å². The van der Waals surface area contributed by atoms with Crippen LogP contribution in [-0.2, 0) is 25.1 Å². The van der Waals surface area contributed by atoms with Gasteiger partial charge in [-0.3, -0.25) is 4.79 Å². The predicted molar refractivity (Wildman–Crippen MR) is 65.2 cm³/mol. The van der Waals surface area contributed by atoms with E-state index in [1.165, 1.54) is 18.2 Å². The summed E-state index contributed by atoms with van der Waals surface area (Å²) in [6.07, 6.45) is 0. The highest BCUT2D eigenvalue weighted by molar-refractivity contribution is 7.91. The molecule has 0 N–H and O–H groups in total. The largest absolute Gasteiger partial charge is 0.465 e. The Balaban J connectivity index is 2.91. The molecule has 0 aliphatic rings. The summed E-state index contributed by atoms with van der Waals surface area (Å²) >= 11 is 0. The van der Waals surface area contributed by atoms with Crippen LogP contribution in [0.5, 0.6) is 0 Å². The Morgan fingerprint density at radius 2 is 2.16 bits per heavy atom. The lowest BCUT2D eigenvalue weighted by atomic mass is 10.1. The van der Waals surface area contributed by atoms with Crippen molar-refractivity contribution in [3.63, 3.8) is 0 Å². The van der Waals surface area contributed by atoms with Gasteiger partial charge in [0.05, 0.1) is 17.9 Å². The molecule has 19 heavy (non-hydrogen) atoms. The van der Waals surface area contributed by atoms with Gasteiger partial charge in [0, 0.05) is 5.56 Å². The summed E-state index contributed by atoms with van der Waals surface area (Å²) in [6, 6.07) is 5.52. The molecule has 0 unspecified atom stereocenters. The second kappa shape index (κ2) is 6.29. The van der Waals surface area contributed by atoms with Gasteiger partial charge >= 0.3 is 5.97 Å². The number of benzene rings is 1. The van der Waals surface area contributed by atoms with Crippen LogP contribution in [-0.4, -0.2) is 26.7 Å². The molecular formula is C12H12FNO4S. The molecule has 0 atom stereocenters. The maximum absolute atomic E-state index is 13.7. The molecule has 0 saturated heterocycles. The van der Waals surface area contributed by atoms with E-state index in [9.17, 15) is 17.6 Å². The predicted octanol–water partition coefficient (Wildman–Crippen LogP) is 1.18. The molecule has 0 aliphatic heterocycles. The van der Waals surface area contributed by atoms with Gasteiger partial charge in [-0.05, 0) is 13.0 Å². The molecule has 1 aromatic carbocycles. The Labute approximate surface area is 110 Å². The van der Waals surface area contributed by atoms with Crippen molar-refractivity contribution in [3.8, 4) is 6.07 Å². The maximum atomic E-state index is 13.7. The van der Waals surface area contributed by atoms with Crippen molar-refractivity contribution in [1.82, 2.24) is 0 Å². The fourth-order valence-corrected chi connectivity index (χ4v) is 2.69. The number of hydrogen-bond donors (Lipinski definition) is 0. The number of rotatable bonds is 5. The fourth-order valence-electron chi connectivity index (χ4n) is 1.45. The highest BCUT2D eigenvalue weighted by Crippen LogP contribution is 2.15. The Morgan fingerprint density at radius 3 is 2.74 bits per heavy atom. The lowest BCUT2D eigenvalue weighted by molar-refractivity contribution is -0.139. The zero-order valence-corrected chi connectivity index (χ0v) is 11.0. The van der Waals surface area contributed by atoms with E-state index in [2.05, 4.69) is 4.74 Å². The first-order chi connectivity index (χ1) is 8.89. The first-order valence-corrected chi connectivity index (χ1v) is 7.25. The van der Waals surface area contributed by atoms with Crippen LogP contribution in [0.15, 0.2) is 18.2 Å². The minimum Gasteiger partial charge on any atom is -0.465 e. The standard InChI is InChI=1S/C12H12FNO4S/c1-2-18-11(15)8-19(16,17)7-10-5-3-4-9(6-14)12(10)13/h3-5H,2,7-8H2,1H3. The number of halogens is 1. The third kappa shape index (κ3) is 4.34. The van der Waals surface area contributed by atoms with Gasteiger partial charge in [-0.25, -0.2) is 12.8 Å². The summed E-state index contributed by atoms with van der Waals surface area (Å²) in [6.45, 7) is 1.63. The molecule has 0 amide bonds. The first-order valence-electron chi connectivity index (χ1n) is 5.43. The van der Waals surface area contributed by atoms with Gasteiger partial charge in [0.2, 0.25) is 0 Å². The molecule has 0 spiro atoms. The number of carbonyl (C=O) groups excluding carboxylic acids is 1. The number of sulfone groups is 1. The fraction of sp³-hybridized carbons (Fsp3) is 0.333. The number of esters is 1. The molecule has 0 bridgehead atoms. The van der Waals surface area contributed by atoms with E-state index < -0.39 is 33.1 Å². The van der Waals surface area contributed by atoms with Crippen molar-refractivity contribution >= 4 is 15.8 Å². The molecule has 5 nitrogen and oxygen atoms in total. The molecular weight excluding hydrogens is 273 g/mol. The average Bonchev–Trinajstić information content (AvgIpc) is 2.31. The smallest absolute Gasteiger partial charge is 0.321 e. The van der Waals surface area contributed by atoms with Crippen LogP contribution >= 0.6 is 0 Å². The topological polar surface area (TPSA) is 84.2 Å². The average molecular weight is 285 g/mol. The lowest BCUT2D eigenvalue weighted by Gasteiger charge is -2.06. The van der Waals surface area contributed by atoms with E-state index in [4.69, 9.17) is 5.26 Å². The van der Waals surface area contributed by atoms with Crippen molar-refractivity contribution in [2.45, 2.75) is 12.7 Å². The van der Waals surface area contributed by atoms with E-state index in [0.29, 0.717) is 0 Å². The van der Waals surface area contributed by atoms with Gasteiger partial charge in [-0.1, -0.05) is 12.1 Å². The second-order valence-corrected chi connectivity index (χ2v) is 5.79. The Bertz CT molecular complexity index is 619. The van der Waals surface area contributed by atoms with Crippen molar-refractivity contribution < 1.29 is 22.3 Å². The van der Waals surface area contributed by atoms with E-state index in [0.717, 1.165) is 0 Å². The van der Waals surface area contributed by atoms with Gasteiger partial charge in [-0.2, -0.15) is 5.26 Å². The van der Waals surface area contributed by atoms with E-state index in [-0.39, 0.29) is 17.7 Å². The Hall–Kier alpha value is -1.94. The van der Waals surface area contributed by atoms with E-state index in [1.807, 2.05) is 0 Å². The number of nitrogens with zero attached hydrogens (tertiary/aromatic N) is 1. The number of ether oxygens (including phenoxy) is 1. The molecule has 0 aromatic heterocycles. The van der Waals surface area contributed by atoms with Crippen LogP contribution in [0.3, 0.4) is 0 Å². The third-order valence-electron chi connectivity index (χ3n) is 2.22. The summed E-state index contributed by atoms with van der Waals surface area (Å²) in [7, 11) is -3.83. The van der Waals surface area contributed by atoms with E-state index >= 15 is 0 Å². The molecule has 0 radical (unpaired) electrons. The van der Waals surface area contributed by atoms with Crippen LogP contribution in [0.25, 0.3) is 0 Å². The quantitative estimate of drug-likeness (QED) is 0.758. The number of hydrogen-bond acceptors (Lipinski definition) is 5. The molecule has 0 fully saturated rings. The zero-order chi connectivity index (χ0) is 14.5. The molecule has 7 heteroatoms.